The topological polar surface area (TPSA) is 61.4 Å². The summed E-state index contributed by atoms with van der Waals surface area (Å²) in [7, 11) is 1.67. The predicted octanol–water partition coefficient (Wildman–Crippen LogP) is 5.84. The Hall–Kier alpha value is -3.58. The number of nitrogens with zero attached hydrogens (tertiary/aromatic N) is 4. The van der Waals surface area contributed by atoms with E-state index in [1.165, 1.54) is 17.3 Å². The number of pyridine rings is 1. The second kappa shape index (κ2) is 9.58. The Morgan fingerprint density at radius 3 is 2.54 bits per heavy atom. The molecule has 0 saturated carbocycles. The van der Waals surface area contributed by atoms with Crippen molar-refractivity contribution in [2.45, 2.75) is 38.9 Å². The number of thioether (sulfide) groups is 1. The zero-order chi connectivity index (χ0) is 24.5. The van der Waals surface area contributed by atoms with Crippen molar-refractivity contribution in [1.29, 1.82) is 0 Å². The van der Waals surface area contributed by atoms with E-state index in [1.54, 1.807) is 7.11 Å². The van der Waals surface area contributed by atoms with E-state index < -0.39 is 0 Å². The number of ketones is 1. The Bertz CT molecular complexity index is 1530. The van der Waals surface area contributed by atoms with Crippen molar-refractivity contribution >= 4 is 34.1 Å². The van der Waals surface area contributed by atoms with Gasteiger partial charge in [-0.05, 0) is 68.7 Å². The highest BCUT2D eigenvalue weighted by molar-refractivity contribution is 7.99. The van der Waals surface area contributed by atoms with Crippen LogP contribution in [0.1, 0.15) is 32.9 Å². The summed E-state index contributed by atoms with van der Waals surface area (Å²) in [5, 5.41) is 10.6. The van der Waals surface area contributed by atoms with E-state index in [0.29, 0.717) is 5.75 Å². The summed E-state index contributed by atoms with van der Waals surface area (Å²) in [6, 6.07) is 20.4. The fraction of sp³-hybridized carbons (Fsp3) is 0.250. The lowest BCUT2D eigenvalue weighted by Gasteiger charge is -2.10. The van der Waals surface area contributed by atoms with Gasteiger partial charge in [-0.1, -0.05) is 42.1 Å². The minimum absolute atomic E-state index is 0.104. The Morgan fingerprint density at radius 2 is 1.77 bits per heavy atom. The lowest BCUT2D eigenvalue weighted by molar-refractivity contribution is 0.102. The highest BCUT2D eigenvalue weighted by Gasteiger charge is 2.18. The van der Waals surface area contributed by atoms with Gasteiger partial charge in [-0.3, -0.25) is 9.20 Å². The molecule has 5 rings (SSSR count). The van der Waals surface area contributed by atoms with E-state index in [1.807, 2.05) is 47.7 Å². The number of hydrogen-bond acceptors (Lipinski definition) is 5. The standard InChI is InChI=1S/C28H28N4O2S/c1-18-15-27-29-30-28(32(27)25-8-6-5-7-23(18)25)35-17-26(33)24-16-19(2)31(20(24)3)14-13-21-9-11-22(34-4)12-10-21/h5-12,15-16H,13-14,17H2,1-4H3. The number of benzene rings is 2. The number of ether oxygens (including phenoxy) is 1. The van der Waals surface area contributed by atoms with E-state index >= 15 is 0 Å². The van der Waals surface area contributed by atoms with Crippen molar-refractivity contribution < 1.29 is 9.53 Å². The van der Waals surface area contributed by atoms with E-state index in [0.717, 1.165) is 62.9 Å². The van der Waals surface area contributed by atoms with Crippen LogP contribution in [0.5, 0.6) is 5.75 Å². The average Bonchev–Trinajstić information content (AvgIpc) is 3.41. The fourth-order valence-corrected chi connectivity index (χ4v) is 5.47. The summed E-state index contributed by atoms with van der Waals surface area (Å²) in [6.45, 7) is 7.00. The van der Waals surface area contributed by atoms with Gasteiger partial charge in [-0.25, -0.2) is 0 Å². The molecule has 0 radical (unpaired) electrons. The molecule has 5 aromatic rings. The molecule has 0 amide bonds. The number of para-hydroxylation sites is 1. The molecule has 6 nitrogen and oxygen atoms in total. The molecule has 0 atom stereocenters. The Balaban J connectivity index is 1.32. The summed E-state index contributed by atoms with van der Waals surface area (Å²) >= 11 is 1.44. The molecule has 2 aromatic carbocycles. The van der Waals surface area contributed by atoms with E-state index in [4.69, 9.17) is 4.74 Å². The molecule has 3 heterocycles. The molecule has 178 valence electrons. The van der Waals surface area contributed by atoms with Crippen molar-refractivity contribution in [3.63, 3.8) is 0 Å². The number of Topliss-reactive ketones (excluding diaryl/α,β-unsaturated/α-hetero) is 1. The molecule has 7 heteroatoms. The van der Waals surface area contributed by atoms with Crippen molar-refractivity contribution in [3.05, 3.63) is 88.7 Å². The summed E-state index contributed by atoms with van der Waals surface area (Å²) in [5.74, 6) is 1.27. The SMILES string of the molecule is COc1ccc(CCn2c(C)cc(C(=O)CSc3nnc4cc(C)c5ccccc5n34)c2C)cc1. The number of carbonyl (C=O) groups excluding carboxylic acids is 1. The van der Waals surface area contributed by atoms with Crippen LogP contribution in [0.3, 0.4) is 0 Å². The first-order valence-electron chi connectivity index (χ1n) is 11.7. The maximum atomic E-state index is 13.2. The first kappa shape index (κ1) is 23.2. The molecule has 0 fully saturated rings. The molecule has 0 saturated heterocycles. The number of aromatic nitrogens is 4. The third-order valence-electron chi connectivity index (χ3n) is 6.56. The molecule has 35 heavy (non-hydrogen) atoms. The summed E-state index contributed by atoms with van der Waals surface area (Å²) < 4.78 is 9.51. The first-order chi connectivity index (χ1) is 17.0. The van der Waals surface area contributed by atoms with Gasteiger partial charge < -0.3 is 9.30 Å². The van der Waals surface area contributed by atoms with Crippen LogP contribution in [-0.4, -0.2) is 37.8 Å². The fourth-order valence-electron chi connectivity index (χ4n) is 4.64. The molecule has 0 aliphatic rings. The van der Waals surface area contributed by atoms with Gasteiger partial charge in [0.1, 0.15) is 5.75 Å². The van der Waals surface area contributed by atoms with Gasteiger partial charge in [-0.15, -0.1) is 10.2 Å². The smallest absolute Gasteiger partial charge is 0.196 e. The van der Waals surface area contributed by atoms with Crippen LogP contribution < -0.4 is 4.74 Å². The second-order valence-corrected chi connectivity index (χ2v) is 9.71. The molecule has 0 aliphatic heterocycles. The van der Waals surface area contributed by atoms with Crippen LogP contribution in [0.2, 0.25) is 0 Å². The van der Waals surface area contributed by atoms with Gasteiger partial charge >= 0.3 is 0 Å². The van der Waals surface area contributed by atoms with Gasteiger partial charge in [0, 0.05) is 28.9 Å². The van der Waals surface area contributed by atoms with Crippen LogP contribution in [0.4, 0.5) is 0 Å². The Kier molecular flexibility index (Phi) is 6.34. The van der Waals surface area contributed by atoms with Gasteiger partial charge in [0.15, 0.2) is 16.6 Å². The number of fused-ring (bicyclic) bond motifs is 3. The van der Waals surface area contributed by atoms with Crippen LogP contribution in [0.25, 0.3) is 16.6 Å². The van der Waals surface area contributed by atoms with Gasteiger partial charge in [0.2, 0.25) is 0 Å². The third kappa shape index (κ3) is 4.44. The molecule has 0 aliphatic carbocycles. The van der Waals surface area contributed by atoms with Crippen LogP contribution in [0, 0.1) is 20.8 Å². The summed E-state index contributed by atoms with van der Waals surface area (Å²) in [6.07, 6.45) is 0.890. The minimum Gasteiger partial charge on any atom is -0.497 e. The molecule has 0 unspecified atom stereocenters. The van der Waals surface area contributed by atoms with Gasteiger partial charge in [0.05, 0.1) is 18.4 Å². The number of carbonyl (C=O) groups is 1. The molecule has 0 N–H and O–H groups in total. The maximum Gasteiger partial charge on any atom is 0.196 e. The van der Waals surface area contributed by atoms with Gasteiger partial charge in [0.25, 0.3) is 0 Å². The largest absolute Gasteiger partial charge is 0.497 e. The van der Waals surface area contributed by atoms with E-state index in [9.17, 15) is 4.79 Å². The zero-order valence-electron chi connectivity index (χ0n) is 20.4. The number of rotatable bonds is 8. The minimum atomic E-state index is 0.104. The number of hydrogen-bond donors (Lipinski definition) is 0. The molecular formula is C28H28N4O2S. The molecule has 0 spiro atoms. The normalized spacial score (nSPS) is 11.4. The average molecular weight is 485 g/mol. The van der Waals surface area contributed by atoms with Crippen LogP contribution in [-0.2, 0) is 13.0 Å². The van der Waals surface area contributed by atoms with Crippen LogP contribution in [0.15, 0.2) is 65.8 Å². The van der Waals surface area contributed by atoms with Crippen molar-refractivity contribution in [2.75, 3.05) is 12.9 Å². The van der Waals surface area contributed by atoms with Gasteiger partial charge in [-0.2, -0.15) is 0 Å². The lowest BCUT2D eigenvalue weighted by atomic mass is 10.1. The Morgan fingerprint density at radius 1 is 1.00 bits per heavy atom. The summed E-state index contributed by atoms with van der Waals surface area (Å²) in [5.41, 5.74) is 7.14. The highest BCUT2D eigenvalue weighted by atomic mass is 32.2. The monoisotopic (exact) mass is 484 g/mol. The quantitative estimate of drug-likeness (QED) is 0.205. The second-order valence-electron chi connectivity index (χ2n) is 8.77. The maximum absolute atomic E-state index is 13.2. The number of aryl methyl sites for hydroxylation is 3. The first-order valence-corrected chi connectivity index (χ1v) is 12.6. The van der Waals surface area contributed by atoms with E-state index in [-0.39, 0.29) is 5.78 Å². The molecule has 3 aromatic heterocycles. The summed E-state index contributed by atoms with van der Waals surface area (Å²) in [4.78, 5) is 13.2. The lowest BCUT2D eigenvalue weighted by Crippen LogP contribution is -2.08. The predicted molar refractivity (Wildman–Crippen MR) is 141 cm³/mol. The molecular weight excluding hydrogens is 456 g/mol. The molecule has 0 bridgehead atoms. The highest BCUT2D eigenvalue weighted by Crippen LogP contribution is 2.27. The van der Waals surface area contributed by atoms with Crippen molar-refractivity contribution in [1.82, 2.24) is 19.2 Å². The Labute approximate surface area is 208 Å². The van der Waals surface area contributed by atoms with Crippen LogP contribution >= 0.6 is 11.8 Å². The number of methoxy groups -OCH3 is 1. The van der Waals surface area contributed by atoms with Crippen molar-refractivity contribution in [2.24, 2.45) is 0 Å². The third-order valence-corrected chi connectivity index (χ3v) is 7.49. The van der Waals surface area contributed by atoms with E-state index in [2.05, 4.69) is 52.9 Å². The zero-order valence-corrected chi connectivity index (χ0v) is 21.2. The van der Waals surface area contributed by atoms with Crippen molar-refractivity contribution in [3.8, 4) is 5.75 Å².